The Labute approximate surface area is 159 Å². The van der Waals surface area contributed by atoms with Crippen LogP contribution < -0.4 is 5.56 Å². The van der Waals surface area contributed by atoms with Gasteiger partial charge in [-0.05, 0) is 56.5 Å². The number of H-pyrrole nitrogens is 1. The number of hydrogen-bond acceptors (Lipinski definition) is 3. The zero-order valence-corrected chi connectivity index (χ0v) is 16.2. The van der Waals surface area contributed by atoms with Crippen LogP contribution in [-0.2, 0) is 17.8 Å². The van der Waals surface area contributed by atoms with Crippen LogP contribution in [0.4, 0.5) is 0 Å². The van der Waals surface area contributed by atoms with Crippen molar-refractivity contribution >= 4 is 16.8 Å². The van der Waals surface area contributed by atoms with Crippen LogP contribution in [0, 0.1) is 13.8 Å². The van der Waals surface area contributed by atoms with Gasteiger partial charge in [0, 0.05) is 6.04 Å². The second-order valence-corrected chi connectivity index (χ2v) is 7.24. The summed E-state index contributed by atoms with van der Waals surface area (Å²) in [5, 5.41) is 0.554. The molecular weight excluding hydrogens is 338 g/mol. The summed E-state index contributed by atoms with van der Waals surface area (Å²) < 4.78 is 0. The fraction of sp³-hybridized carbons (Fsp3) is 0.318. The molecule has 1 N–H and O–H groups in total. The molecule has 3 aromatic rings. The topological polar surface area (TPSA) is 66.1 Å². The summed E-state index contributed by atoms with van der Waals surface area (Å²) in [4.78, 5) is 34.3. The van der Waals surface area contributed by atoms with E-state index in [-0.39, 0.29) is 24.1 Å². The first kappa shape index (κ1) is 18.8. The Morgan fingerprint density at radius 1 is 1.11 bits per heavy atom. The highest BCUT2D eigenvalue weighted by molar-refractivity contribution is 5.79. The van der Waals surface area contributed by atoms with Crippen molar-refractivity contribution in [3.05, 3.63) is 75.3 Å². The smallest absolute Gasteiger partial charge is 0.258 e. The van der Waals surface area contributed by atoms with E-state index in [1.54, 1.807) is 11.0 Å². The molecule has 1 amide bonds. The summed E-state index contributed by atoms with van der Waals surface area (Å²) in [6.45, 7) is 8.33. The van der Waals surface area contributed by atoms with Crippen molar-refractivity contribution in [2.75, 3.05) is 0 Å². The molecule has 140 valence electrons. The molecule has 0 bridgehead atoms. The number of aryl methyl sites for hydroxylation is 2. The van der Waals surface area contributed by atoms with Gasteiger partial charge in [0.25, 0.3) is 5.56 Å². The van der Waals surface area contributed by atoms with Crippen molar-refractivity contribution in [2.45, 2.75) is 46.7 Å². The fourth-order valence-electron chi connectivity index (χ4n) is 3.12. The molecule has 3 rings (SSSR count). The van der Waals surface area contributed by atoms with Crippen LogP contribution in [0.25, 0.3) is 10.9 Å². The average Bonchev–Trinajstić information content (AvgIpc) is 2.62. The molecule has 0 aliphatic rings. The third-order valence-corrected chi connectivity index (χ3v) is 4.85. The molecule has 0 aliphatic heterocycles. The highest BCUT2D eigenvalue weighted by Crippen LogP contribution is 2.14. The normalized spacial score (nSPS) is 11.1. The molecule has 5 nitrogen and oxygen atoms in total. The molecule has 0 saturated carbocycles. The molecule has 0 atom stereocenters. The Balaban J connectivity index is 1.84. The van der Waals surface area contributed by atoms with E-state index in [4.69, 9.17) is 0 Å². The third kappa shape index (κ3) is 4.25. The number of fused-ring (bicyclic) bond motifs is 1. The van der Waals surface area contributed by atoms with E-state index in [1.165, 1.54) is 11.1 Å². The minimum absolute atomic E-state index is 0.000757. The molecular formula is C22H25N3O2. The summed E-state index contributed by atoms with van der Waals surface area (Å²) in [6, 6.07) is 13.3. The average molecular weight is 363 g/mol. The molecule has 27 heavy (non-hydrogen) atoms. The van der Waals surface area contributed by atoms with Crippen LogP contribution in [-0.4, -0.2) is 26.8 Å². The molecule has 0 aliphatic carbocycles. The van der Waals surface area contributed by atoms with Crippen LogP contribution in [0.1, 0.15) is 36.4 Å². The lowest BCUT2D eigenvalue weighted by atomic mass is 10.0. The maximum absolute atomic E-state index is 12.9. The predicted octanol–water partition coefficient (Wildman–Crippen LogP) is 3.52. The summed E-state index contributed by atoms with van der Waals surface area (Å²) in [5.74, 6) is 0.518. The first-order valence-corrected chi connectivity index (χ1v) is 9.18. The maximum Gasteiger partial charge on any atom is 0.258 e. The molecule has 1 aromatic heterocycles. The first-order valence-electron chi connectivity index (χ1n) is 9.18. The number of nitrogens with zero attached hydrogens (tertiary/aromatic N) is 2. The Hall–Kier alpha value is -2.95. The van der Waals surface area contributed by atoms with Gasteiger partial charge in [0.1, 0.15) is 5.82 Å². The van der Waals surface area contributed by atoms with E-state index in [2.05, 4.69) is 23.0 Å². The highest BCUT2D eigenvalue weighted by Gasteiger charge is 2.19. The quantitative estimate of drug-likeness (QED) is 0.754. The Morgan fingerprint density at radius 3 is 2.56 bits per heavy atom. The lowest BCUT2D eigenvalue weighted by Gasteiger charge is -2.26. The number of carbonyl (C=O) groups excluding carboxylic acids is 1. The predicted molar refractivity (Wildman–Crippen MR) is 108 cm³/mol. The van der Waals surface area contributed by atoms with Crippen LogP contribution in [0.5, 0.6) is 0 Å². The van der Waals surface area contributed by atoms with Gasteiger partial charge in [-0.25, -0.2) is 4.98 Å². The van der Waals surface area contributed by atoms with E-state index in [0.29, 0.717) is 23.1 Å². The second kappa shape index (κ2) is 7.74. The van der Waals surface area contributed by atoms with Crippen molar-refractivity contribution in [3.63, 3.8) is 0 Å². The van der Waals surface area contributed by atoms with Crippen LogP contribution in [0.3, 0.4) is 0 Å². The van der Waals surface area contributed by atoms with E-state index < -0.39 is 0 Å². The van der Waals surface area contributed by atoms with E-state index in [0.717, 1.165) is 5.56 Å². The zero-order chi connectivity index (χ0) is 19.6. The number of carbonyl (C=O) groups is 1. The second-order valence-electron chi connectivity index (χ2n) is 7.24. The molecule has 0 spiro atoms. The standard InChI is InChI=1S/C22H25N3O2/c1-14(2)25(21(26)12-17-10-9-15(3)16(4)11-17)13-20-23-19-8-6-5-7-18(19)22(27)24-20/h5-11,14H,12-13H2,1-4H3,(H,23,24,27). The van der Waals surface area contributed by atoms with Crippen LogP contribution in [0.15, 0.2) is 47.3 Å². The van der Waals surface area contributed by atoms with E-state index in [1.807, 2.05) is 51.1 Å². The number of benzene rings is 2. The van der Waals surface area contributed by atoms with Gasteiger partial charge in [-0.3, -0.25) is 9.59 Å². The molecule has 0 unspecified atom stereocenters. The zero-order valence-electron chi connectivity index (χ0n) is 16.2. The molecule has 2 aromatic carbocycles. The summed E-state index contributed by atoms with van der Waals surface area (Å²) in [6.07, 6.45) is 0.330. The van der Waals surface area contributed by atoms with Crippen LogP contribution >= 0.6 is 0 Å². The lowest BCUT2D eigenvalue weighted by Crippen LogP contribution is -2.38. The first-order chi connectivity index (χ1) is 12.8. The number of para-hydroxylation sites is 1. The van der Waals surface area contributed by atoms with Gasteiger partial charge in [0.2, 0.25) is 5.91 Å². The Bertz CT molecular complexity index is 1040. The molecule has 1 heterocycles. The molecule has 5 heteroatoms. The number of aromatic nitrogens is 2. The highest BCUT2D eigenvalue weighted by atomic mass is 16.2. The number of rotatable bonds is 5. The largest absolute Gasteiger partial charge is 0.333 e. The number of amides is 1. The van der Waals surface area contributed by atoms with Crippen molar-refractivity contribution < 1.29 is 4.79 Å². The van der Waals surface area contributed by atoms with E-state index >= 15 is 0 Å². The maximum atomic E-state index is 12.9. The van der Waals surface area contributed by atoms with Crippen molar-refractivity contribution in [1.29, 1.82) is 0 Å². The van der Waals surface area contributed by atoms with Crippen molar-refractivity contribution in [3.8, 4) is 0 Å². The monoisotopic (exact) mass is 363 g/mol. The van der Waals surface area contributed by atoms with Gasteiger partial charge in [-0.2, -0.15) is 0 Å². The van der Waals surface area contributed by atoms with Crippen molar-refractivity contribution in [2.24, 2.45) is 0 Å². The number of hydrogen-bond donors (Lipinski definition) is 1. The fourth-order valence-corrected chi connectivity index (χ4v) is 3.12. The van der Waals surface area contributed by atoms with Crippen LogP contribution in [0.2, 0.25) is 0 Å². The Morgan fingerprint density at radius 2 is 1.85 bits per heavy atom. The number of nitrogens with one attached hydrogen (secondary N) is 1. The van der Waals surface area contributed by atoms with E-state index in [9.17, 15) is 9.59 Å². The summed E-state index contributed by atoms with van der Waals surface area (Å²) in [7, 11) is 0. The Kier molecular flexibility index (Phi) is 5.40. The molecule has 0 saturated heterocycles. The summed E-state index contributed by atoms with van der Waals surface area (Å²) in [5.41, 5.74) is 3.85. The SMILES string of the molecule is Cc1ccc(CC(=O)N(Cc2nc3ccccc3c(=O)[nH]2)C(C)C)cc1C. The van der Waals surface area contributed by atoms with Gasteiger partial charge in [-0.15, -0.1) is 0 Å². The minimum atomic E-state index is -0.180. The molecule has 0 radical (unpaired) electrons. The van der Waals surface area contributed by atoms with Gasteiger partial charge in [0.05, 0.1) is 23.9 Å². The molecule has 0 fully saturated rings. The summed E-state index contributed by atoms with van der Waals surface area (Å²) >= 11 is 0. The van der Waals surface area contributed by atoms with Crippen molar-refractivity contribution in [1.82, 2.24) is 14.9 Å². The van der Waals surface area contributed by atoms with Gasteiger partial charge in [0.15, 0.2) is 0 Å². The van der Waals surface area contributed by atoms with Gasteiger partial charge in [-0.1, -0.05) is 30.3 Å². The minimum Gasteiger partial charge on any atom is -0.333 e. The number of aromatic amines is 1. The van der Waals surface area contributed by atoms with Gasteiger partial charge >= 0.3 is 0 Å². The third-order valence-electron chi connectivity index (χ3n) is 4.85. The van der Waals surface area contributed by atoms with Gasteiger partial charge < -0.3 is 9.88 Å². The lowest BCUT2D eigenvalue weighted by molar-refractivity contribution is -0.132.